The van der Waals surface area contributed by atoms with Gasteiger partial charge in [-0.1, -0.05) is 35.3 Å². The third-order valence-electron chi connectivity index (χ3n) is 3.74. The van der Waals surface area contributed by atoms with E-state index in [1.807, 2.05) is 0 Å². The van der Waals surface area contributed by atoms with E-state index in [2.05, 4.69) is 20.6 Å². The zero-order valence-electron chi connectivity index (χ0n) is 14.9. The van der Waals surface area contributed by atoms with Gasteiger partial charge in [-0.3, -0.25) is 0 Å². The van der Waals surface area contributed by atoms with Crippen molar-refractivity contribution in [1.82, 2.24) is 9.97 Å². The quantitative estimate of drug-likeness (QED) is 0.483. The number of ether oxygens (including phenoxy) is 1. The number of benzene rings is 2. The van der Waals surface area contributed by atoms with Crippen molar-refractivity contribution in [3.63, 3.8) is 0 Å². The minimum absolute atomic E-state index is 0.247. The summed E-state index contributed by atoms with van der Waals surface area (Å²) in [5.74, 6) is 0.227. The van der Waals surface area contributed by atoms with Gasteiger partial charge < -0.3 is 21.1 Å². The summed E-state index contributed by atoms with van der Waals surface area (Å²) in [5, 5.41) is 7.07. The predicted octanol–water partition coefficient (Wildman–Crippen LogP) is 5.03. The van der Waals surface area contributed by atoms with Crippen LogP contribution in [-0.2, 0) is 4.74 Å². The highest BCUT2D eigenvalue weighted by Gasteiger charge is 2.15. The van der Waals surface area contributed by atoms with Gasteiger partial charge in [0, 0.05) is 5.02 Å². The molecular weight excluding hydrogens is 401 g/mol. The number of carbonyl (C=O) groups is 1. The standard InChI is InChI=1S/C19H17Cl2N5O2/c1-2-28-19(27)12-5-3-4-6-14(12)25-17-16(22)18(24-10-23-17)26-15-9-11(20)7-8-13(15)21/h3-10H,2,22H2,1H3,(H2,23,24,25,26). The van der Waals surface area contributed by atoms with Crippen molar-refractivity contribution < 1.29 is 9.53 Å². The number of nitrogens with zero attached hydrogens (tertiary/aromatic N) is 2. The lowest BCUT2D eigenvalue weighted by Gasteiger charge is -2.15. The summed E-state index contributed by atoms with van der Waals surface area (Å²) >= 11 is 12.2. The van der Waals surface area contributed by atoms with Gasteiger partial charge >= 0.3 is 5.97 Å². The van der Waals surface area contributed by atoms with Crippen LogP contribution >= 0.6 is 23.2 Å². The molecule has 2 aromatic carbocycles. The second kappa shape index (κ2) is 8.77. The van der Waals surface area contributed by atoms with Gasteiger partial charge in [-0.15, -0.1) is 0 Å². The average molecular weight is 418 g/mol. The molecule has 0 saturated carbocycles. The van der Waals surface area contributed by atoms with Gasteiger partial charge in [0.25, 0.3) is 0 Å². The Balaban J connectivity index is 1.90. The fourth-order valence-electron chi connectivity index (χ4n) is 2.42. The molecule has 28 heavy (non-hydrogen) atoms. The largest absolute Gasteiger partial charge is 0.462 e. The van der Waals surface area contributed by atoms with Crippen LogP contribution in [0.2, 0.25) is 10.0 Å². The Bertz CT molecular complexity index is 1010. The molecule has 1 heterocycles. The van der Waals surface area contributed by atoms with Crippen molar-refractivity contribution in [2.24, 2.45) is 0 Å². The van der Waals surface area contributed by atoms with Crippen molar-refractivity contribution in [2.45, 2.75) is 6.92 Å². The zero-order valence-corrected chi connectivity index (χ0v) is 16.4. The van der Waals surface area contributed by atoms with Crippen LogP contribution in [0.3, 0.4) is 0 Å². The number of nitrogens with one attached hydrogen (secondary N) is 2. The summed E-state index contributed by atoms with van der Waals surface area (Å²) in [6.07, 6.45) is 1.34. The fourth-order valence-corrected chi connectivity index (χ4v) is 2.76. The van der Waals surface area contributed by atoms with Crippen LogP contribution in [-0.4, -0.2) is 22.5 Å². The Morgan fingerprint density at radius 2 is 1.75 bits per heavy atom. The van der Waals surface area contributed by atoms with Gasteiger partial charge in [0.15, 0.2) is 11.6 Å². The van der Waals surface area contributed by atoms with Gasteiger partial charge in [0.1, 0.15) is 12.0 Å². The highest BCUT2D eigenvalue weighted by Crippen LogP contribution is 2.33. The molecule has 4 N–H and O–H groups in total. The van der Waals surface area contributed by atoms with Crippen LogP contribution in [0.5, 0.6) is 0 Å². The second-order valence-corrected chi connectivity index (χ2v) is 6.47. The first-order valence-corrected chi connectivity index (χ1v) is 9.11. The Labute approximate surface area is 171 Å². The van der Waals surface area contributed by atoms with E-state index in [4.69, 9.17) is 33.7 Å². The predicted molar refractivity (Wildman–Crippen MR) is 112 cm³/mol. The van der Waals surface area contributed by atoms with Crippen LogP contribution in [0.1, 0.15) is 17.3 Å². The number of halogens is 2. The molecule has 0 amide bonds. The monoisotopic (exact) mass is 417 g/mol. The molecule has 7 nitrogen and oxygen atoms in total. The first-order valence-electron chi connectivity index (χ1n) is 8.35. The Morgan fingerprint density at radius 3 is 2.46 bits per heavy atom. The fraction of sp³-hybridized carbons (Fsp3) is 0.105. The normalized spacial score (nSPS) is 10.4. The van der Waals surface area contributed by atoms with Crippen LogP contribution in [0.15, 0.2) is 48.8 Å². The molecular formula is C19H17Cl2N5O2. The third-order valence-corrected chi connectivity index (χ3v) is 4.31. The molecule has 0 unspecified atom stereocenters. The van der Waals surface area contributed by atoms with E-state index >= 15 is 0 Å². The highest BCUT2D eigenvalue weighted by molar-refractivity contribution is 6.35. The number of rotatable bonds is 6. The van der Waals surface area contributed by atoms with E-state index in [0.29, 0.717) is 38.6 Å². The lowest BCUT2D eigenvalue weighted by Crippen LogP contribution is -2.10. The number of nitrogens with two attached hydrogens (primary N) is 1. The lowest BCUT2D eigenvalue weighted by atomic mass is 10.2. The molecule has 0 spiro atoms. The molecule has 3 aromatic rings. The van der Waals surface area contributed by atoms with Crippen molar-refractivity contribution in [3.8, 4) is 0 Å². The van der Waals surface area contributed by atoms with E-state index in [9.17, 15) is 4.79 Å². The van der Waals surface area contributed by atoms with E-state index in [1.165, 1.54) is 6.33 Å². The van der Waals surface area contributed by atoms with Crippen molar-refractivity contribution in [1.29, 1.82) is 0 Å². The number of nitrogen functional groups attached to an aromatic ring is 1. The Hall–Kier alpha value is -3.03. The summed E-state index contributed by atoms with van der Waals surface area (Å²) in [5.41, 5.74) is 7.89. The number of aromatic nitrogens is 2. The molecule has 0 radical (unpaired) electrons. The molecule has 3 rings (SSSR count). The van der Waals surface area contributed by atoms with Crippen LogP contribution < -0.4 is 16.4 Å². The summed E-state index contributed by atoms with van der Waals surface area (Å²) in [6, 6.07) is 11.9. The number of anilines is 5. The van der Waals surface area contributed by atoms with Crippen LogP contribution in [0, 0.1) is 0 Å². The van der Waals surface area contributed by atoms with Crippen molar-refractivity contribution in [2.75, 3.05) is 23.0 Å². The number of para-hydroxylation sites is 1. The van der Waals surface area contributed by atoms with Gasteiger partial charge in [-0.2, -0.15) is 0 Å². The summed E-state index contributed by atoms with van der Waals surface area (Å²) < 4.78 is 5.08. The average Bonchev–Trinajstić information content (AvgIpc) is 2.68. The van der Waals surface area contributed by atoms with E-state index in [0.717, 1.165) is 0 Å². The summed E-state index contributed by atoms with van der Waals surface area (Å²) in [6.45, 7) is 2.02. The Kier molecular flexibility index (Phi) is 6.18. The molecule has 0 fully saturated rings. The number of hydrogen-bond acceptors (Lipinski definition) is 7. The topological polar surface area (TPSA) is 102 Å². The van der Waals surface area contributed by atoms with E-state index in [-0.39, 0.29) is 12.3 Å². The minimum Gasteiger partial charge on any atom is -0.462 e. The van der Waals surface area contributed by atoms with E-state index in [1.54, 1.807) is 49.4 Å². The van der Waals surface area contributed by atoms with Gasteiger partial charge in [-0.05, 0) is 37.3 Å². The molecule has 0 atom stereocenters. The molecule has 0 aliphatic carbocycles. The molecule has 9 heteroatoms. The Morgan fingerprint density at radius 1 is 1.07 bits per heavy atom. The minimum atomic E-state index is -0.442. The zero-order chi connectivity index (χ0) is 20.1. The molecule has 1 aromatic heterocycles. The third kappa shape index (κ3) is 4.44. The van der Waals surface area contributed by atoms with Crippen LogP contribution in [0.4, 0.5) is 28.7 Å². The SMILES string of the molecule is CCOC(=O)c1ccccc1Nc1ncnc(Nc2cc(Cl)ccc2Cl)c1N. The lowest BCUT2D eigenvalue weighted by molar-refractivity contribution is 0.0527. The number of esters is 1. The molecule has 0 aliphatic heterocycles. The van der Waals surface area contributed by atoms with Crippen molar-refractivity contribution >= 4 is 57.9 Å². The maximum atomic E-state index is 12.2. The molecule has 0 saturated heterocycles. The molecule has 0 bridgehead atoms. The van der Waals surface area contributed by atoms with Gasteiger partial charge in [0.2, 0.25) is 0 Å². The smallest absolute Gasteiger partial charge is 0.340 e. The van der Waals surface area contributed by atoms with Crippen molar-refractivity contribution in [3.05, 3.63) is 64.4 Å². The maximum Gasteiger partial charge on any atom is 0.340 e. The van der Waals surface area contributed by atoms with Gasteiger partial charge in [0.05, 0.1) is 28.6 Å². The molecule has 144 valence electrons. The van der Waals surface area contributed by atoms with Crippen LogP contribution in [0.25, 0.3) is 0 Å². The second-order valence-electron chi connectivity index (χ2n) is 5.62. The number of hydrogen-bond donors (Lipinski definition) is 3. The molecule has 0 aliphatic rings. The summed E-state index contributed by atoms with van der Waals surface area (Å²) in [7, 11) is 0. The maximum absolute atomic E-state index is 12.2. The number of carbonyl (C=O) groups excluding carboxylic acids is 1. The van der Waals surface area contributed by atoms with E-state index < -0.39 is 5.97 Å². The van der Waals surface area contributed by atoms with Gasteiger partial charge in [-0.25, -0.2) is 14.8 Å². The first kappa shape index (κ1) is 19.7. The first-order chi connectivity index (χ1) is 13.5. The summed E-state index contributed by atoms with van der Waals surface area (Å²) in [4.78, 5) is 20.5. The highest BCUT2D eigenvalue weighted by atomic mass is 35.5.